The van der Waals surface area contributed by atoms with Gasteiger partial charge in [-0.05, 0) is 60.2 Å². The lowest BCUT2D eigenvalue weighted by Crippen LogP contribution is -2.35. The Labute approximate surface area is 223 Å². The molecule has 1 heterocycles. The van der Waals surface area contributed by atoms with Gasteiger partial charge in [0.05, 0.1) is 21.3 Å². The smallest absolute Gasteiger partial charge is 0.200 e. The van der Waals surface area contributed by atoms with Gasteiger partial charge in [0.25, 0.3) is 0 Å². The van der Waals surface area contributed by atoms with Crippen molar-refractivity contribution in [2.24, 2.45) is 0 Å². The number of aromatic hydroxyl groups is 2. The fraction of sp³-hybridized carbons (Fsp3) is 0.419. The summed E-state index contributed by atoms with van der Waals surface area (Å²) in [5.41, 5.74) is 5.97. The van der Waals surface area contributed by atoms with Crippen molar-refractivity contribution < 1.29 is 34.3 Å². The fourth-order valence-corrected chi connectivity index (χ4v) is 6.07. The number of hydrogen-bond acceptors (Lipinski definition) is 7. The molecule has 5 rings (SSSR count). The van der Waals surface area contributed by atoms with Crippen molar-refractivity contribution >= 4 is 0 Å². The molecule has 0 spiro atoms. The highest BCUT2D eigenvalue weighted by Gasteiger charge is 2.42. The van der Waals surface area contributed by atoms with Gasteiger partial charge in [0.2, 0.25) is 5.75 Å². The normalized spacial score (nSPS) is 19.6. The Morgan fingerprint density at radius 1 is 0.895 bits per heavy atom. The van der Waals surface area contributed by atoms with Crippen LogP contribution in [0.2, 0.25) is 0 Å². The van der Waals surface area contributed by atoms with Crippen molar-refractivity contribution in [2.75, 3.05) is 21.3 Å². The van der Waals surface area contributed by atoms with Gasteiger partial charge >= 0.3 is 0 Å². The van der Waals surface area contributed by atoms with E-state index in [9.17, 15) is 15.3 Å². The minimum Gasteiger partial charge on any atom is -0.508 e. The quantitative estimate of drug-likeness (QED) is 0.311. The number of aryl methyl sites for hydroxylation is 1. The maximum absolute atomic E-state index is 11.9. The molecule has 0 aromatic heterocycles. The van der Waals surface area contributed by atoms with Crippen LogP contribution in [0.5, 0.6) is 34.5 Å². The van der Waals surface area contributed by atoms with Crippen molar-refractivity contribution in [3.8, 4) is 45.6 Å². The molecule has 3 aromatic rings. The third-order valence-corrected chi connectivity index (χ3v) is 7.92. The number of hydrogen-bond donors (Lipinski definition) is 3. The second-order valence-electron chi connectivity index (χ2n) is 10.1. The van der Waals surface area contributed by atoms with E-state index >= 15 is 0 Å². The summed E-state index contributed by atoms with van der Waals surface area (Å²) in [5, 5.41) is 32.4. The van der Waals surface area contributed by atoms with Crippen LogP contribution >= 0.6 is 0 Å². The van der Waals surface area contributed by atoms with Gasteiger partial charge < -0.3 is 34.3 Å². The number of phenols is 2. The standard InChI is InChI=1S/C31H36O7/c1-5-6-7-8-22-28-21-11-9-17-13-19(32)10-12-20(17)27(21)23(35-2)16-24(28)38-31(29(22)33)18-14-25(36-3)30(34)26(15-18)37-4/h10,12-16,22,29,31-34H,5-9,11H2,1-4H3. The number of methoxy groups -OCH3 is 3. The zero-order valence-electron chi connectivity index (χ0n) is 22.4. The Balaban J connectivity index is 1.68. The van der Waals surface area contributed by atoms with Gasteiger partial charge in [-0.2, -0.15) is 0 Å². The monoisotopic (exact) mass is 520 g/mol. The van der Waals surface area contributed by atoms with Crippen molar-refractivity contribution in [1.82, 2.24) is 0 Å². The SMILES string of the molecule is CCCCCC1c2c(cc(OC)c3c2CCc2cc(O)ccc2-3)OC(c2cc(OC)c(O)c(OC)c2)C1O. The molecule has 0 amide bonds. The maximum Gasteiger partial charge on any atom is 0.200 e. The van der Waals surface area contributed by atoms with Crippen molar-refractivity contribution in [3.05, 3.63) is 58.7 Å². The molecule has 0 fully saturated rings. The van der Waals surface area contributed by atoms with E-state index in [4.69, 9.17) is 18.9 Å². The number of rotatable bonds is 8. The van der Waals surface area contributed by atoms with Gasteiger partial charge in [0.1, 0.15) is 23.4 Å². The molecule has 7 nitrogen and oxygen atoms in total. The second-order valence-corrected chi connectivity index (χ2v) is 10.1. The van der Waals surface area contributed by atoms with E-state index in [1.807, 2.05) is 18.2 Å². The lowest BCUT2D eigenvalue weighted by atomic mass is 9.74. The summed E-state index contributed by atoms with van der Waals surface area (Å²) < 4.78 is 23.2. The Morgan fingerprint density at radius 3 is 2.26 bits per heavy atom. The third kappa shape index (κ3) is 4.39. The molecule has 3 atom stereocenters. The average molecular weight is 521 g/mol. The summed E-state index contributed by atoms with van der Waals surface area (Å²) >= 11 is 0. The molecule has 3 aromatic carbocycles. The number of unbranched alkanes of at least 4 members (excludes halogenated alkanes) is 2. The Bertz CT molecular complexity index is 1310. The Hall–Kier alpha value is -3.58. The van der Waals surface area contributed by atoms with Gasteiger partial charge in [-0.25, -0.2) is 0 Å². The van der Waals surface area contributed by atoms with E-state index in [1.165, 1.54) is 14.2 Å². The van der Waals surface area contributed by atoms with Crippen LogP contribution in [0.25, 0.3) is 11.1 Å². The first-order valence-electron chi connectivity index (χ1n) is 13.3. The first-order valence-corrected chi connectivity index (χ1v) is 13.3. The zero-order chi connectivity index (χ0) is 27.0. The van der Waals surface area contributed by atoms with Gasteiger partial charge in [-0.15, -0.1) is 0 Å². The molecule has 7 heteroatoms. The van der Waals surface area contributed by atoms with Crippen molar-refractivity contribution in [3.63, 3.8) is 0 Å². The van der Waals surface area contributed by atoms with E-state index in [-0.39, 0.29) is 28.9 Å². The van der Waals surface area contributed by atoms with Gasteiger partial charge in [0, 0.05) is 28.7 Å². The number of ether oxygens (including phenoxy) is 4. The fourth-order valence-electron chi connectivity index (χ4n) is 6.07. The first kappa shape index (κ1) is 26.0. The van der Waals surface area contributed by atoms with Gasteiger partial charge in [-0.1, -0.05) is 32.3 Å². The number of phenolic OH excluding ortho intramolecular Hbond substituents is 2. The van der Waals surface area contributed by atoms with Crippen LogP contribution in [0.1, 0.15) is 66.9 Å². The molecular weight excluding hydrogens is 484 g/mol. The summed E-state index contributed by atoms with van der Waals surface area (Å²) in [6.45, 7) is 2.17. The summed E-state index contributed by atoms with van der Waals surface area (Å²) in [7, 11) is 4.61. The van der Waals surface area contributed by atoms with E-state index < -0.39 is 12.2 Å². The van der Waals surface area contributed by atoms with E-state index in [2.05, 4.69) is 6.92 Å². The molecule has 0 radical (unpaired) electrons. The molecule has 1 aliphatic heterocycles. The van der Waals surface area contributed by atoms with Gasteiger partial charge in [-0.3, -0.25) is 0 Å². The summed E-state index contributed by atoms with van der Waals surface area (Å²) in [6, 6.07) is 10.8. The molecule has 3 unspecified atom stereocenters. The second kappa shape index (κ2) is 10.7. The molecule has 2 aliphatic rings. The highest BCUT2D eigenvalue weighted by molar-refractivity contribution is 5.82. The molecule has 38 heavy (non-hydrogen) atoms. The molecule has 0 saturated carbocycles. The first-order chi connectivity index (χ1) is 18.4. The van der Waals surface area contributed by atoms with Crippen molar-refractivity contribution in [2.45, 2.75) is 63.6 Å². The third-order valence-electron chi connectivity index (χ3n) is 7.92. The summed E-state index contributed by atoms with van der Waals surface area (Å²) in [4.78, 5) is 0. The topological polar surface area (TPSA) is 97.6 Å². The Kier molecular flexibility index (Phi) is 7.30. The van der Waals surface area contributed by atoms with Crippen LogP contribution in [-0.4, -0.2) is 42.8 Å². The Morgan fingerprint density at radius 2 is 1.61 bits per heavy atom. The molecule has 0 bridgehead atoms. The average Bonchev–Trinajstić information content (AvgIpc) is 2.93. The van der Waals surface area contributed by atoms with Gasteiger partial charge in [0.15, 0.2) is 17.6 Å². The molecule has 3 N–H and O–H groups in total. The van der Waals surface area contributed by atoms with E-state index in [0.717, 1.165) is 66.3 Å². The molecular formula is C31H36O7. The summed E-state index contributed by atoms with van der Waals surface area (Å²) in [5.74, 6) is 1.92. The highest BCUT2D eigenvalue weighted by Crippen LogP contribution is 2.54. The van der Waals surface area contributed by atoms with Crippen LogP contribution in [0.15, 0.2) is 36.4 Å². The largest absolute Gasteiger partial charge is 0.508 e. The minimum absolute atomic E-state index is 0.0932. The van der Waals surface area contributed by atoms with Crippen LogP contribution in [-0.2, 0) is 12.8 Å². The minimum atomic E-state index is -0.822. The lowest BCUT2D eigenvalue weighted by molar-refractivity contribution is -0.00352. The van der Waals surface area contributed by atoms with E-state index in [0.29, 0.717) is 17.1 Å². The predicted molar refractivity (Wildman–Crippen MR) is 145 cm³/mol. The van der Waals surface area contributed by atoms with Crippen molar-refractivity contribution in [1.29, 1.82) is 0 Å². The molecule has 202 valence electrons. The number of aliphatic hydroxyl groups excluding tert-OH is 1. The molecule has 1 aliphatic carbocycles. The maximum atomic E-state index is 11.9. The highest BCUT2D eigenvalue weighted by atomic mass is 16.5. The molecule has 0 saturated heterocycles. The number of aliphatic hydroxyl groups is 1. The summed E-state index contributed by atoms with van der Waals surface area (Å²) in [6.07, 6.45) is 3.99. The van der Waals surface area contributed by atoms with Crippen LogP contribution < -0.4 is 18.9 Å². The number of benzene rings is 3. The van der Waals surface area contributed by atoms with E-state index in [1.54, 1.807) is 25.3 Å². The lowest BCUT2D eigenvalue weighted by Gasteiger charge is -2.40. The van der Waals surface area contributed by atoms with Crippen LogP contribution in [0.3, 0.4) is 0 Å². The zero-order valence-corrected chi connectivity index (χ0v) is 22.4. The van der Waals surface area contributed by atoms with Crippen LogP contribution in [0, 0.1) is 0 Å². The van der Waals surface area contributed by atoms with Crippen LogP contribution in [0.4, 0.5) is 0 Å². The predicted octanol–water partition coefficient (Wildman–Crippen LogP) is 6.05. The number of fused-ring (bicyclic) bond motifs is 5.